The zero-order valence-electron chi connectivity index (χ0n) is 11.9. The van der Waals surface area contributed by atoms with Crippen molar-refractivity contribution in [3.05, 3.63) is 50.9 Å². The first-order valence-corrected chi connectivity index (χ1v) is 6.39. The molecule has 0 radical (unpaired) electrons. The first-order valence-electron chi connectivity index (χ1n) is 6.39. The van der Waals surface area contributed by atoms with Gasteiger partial charge in [-0.2, -0.15) is 0 Å². The number of carboxylic acid groups (broad SMARTS) is 1. The Labute approximate surface area is 126 Å². The molecule has 0 spiro atoms. The lowest BCUT2D eigenvalue weighted by Gasteiger charge is -2.12. The van der Waals surface area contributed by atoms with Crippen molar-refractivity contribution in [2.24, 2.45) is 0 Å². The number of aromatic carboxylic acids is 1. The second-order valence-electron chi connectivity index (χ2n) is 4.91. The van der Waals surface area contributed by atoms with Gasteiger partial charge in [0.2, 0.25) is 11.2 Å². The number of rotatable bonds is 2. The fourth-order valence-electron chi connectivity index (χ4n) is 2.38. The van der Waals surface area contributed by atoms with Gasteiger partial charge in [-0.25, -0.2) is 18.2 Å². The lowest BCUT2D eigenvalue weighted by atomic mass is 10.1. The predicted molar refractivity (Wildman–Crippen MR) is 73.8 cm³/mol. The number of hydrogen-bond acceptors (Lipinski definition) is 5. The van der Waals surface area contributed by atoms with E-state index >= 15 is 0 Å². The summed E-state index contributed by atoms with van der Waals surface area (Å²) in [5.41, 5.74) is -1.54. The number of aromatic nitrogens is 3. The Balaban J connectivity index is 2.59. The Morgan fingerprint density at radius 2 is 2.00 bits per heavy atom. The third kappa shape index (κ3) is 2.08. The van der Waals surface area contributed by atoms with Crippen LogP contribution >= 0.6 is 0 Å². The van der Waals surface area contributed by atoms with E-state index in [9.17, 15) is 23.5 Å². The molecule has 23 heavy (non-hydrogen) atoms. The molecule has 1 N–H and O–H groups in total. The minimum absolute atomic E-state index is 0.0322. The fourth-order valence-corrected chi connectivity index (χ4v) is 2.38. The van der Waals surface area contributed by atoms with Gasteiger partial charge >= 0.3 is 5.97 Å². The van der Waals surface area contributed by atoms with E-state index in [1.165, 1.54) is 13.8 Å². The summed E-state index contributed by atoms with van der Waals surface area (Å²) >= 11 is 0. The number of benzene rings is 1. The molecule has 3 rings (SSSR count). The van der Waals surface area contributed by atoms with Crippen LogP contribution < -0.4 is 5.43 Å². The Morgan fingerprint density at radius 3 is 2.57 bits per heavy atom. The SMILES string of the molecule is Cc1nonc1-n1cc(C(=O)O)c(=O)c2c(C)c(F)c(F)cc21. The van der Waals surface area contributed by atoms with E-state index in [-0.39, 0.29) is 28.0 Å². The number of carboxylic acids is 1. The monoisotopic (exact) mass is 321 g/mol. The van der Waals surface area contributed by atoms with Gasteiger partial charge in [-0.15, -0.1) is 0 Å². The summed E-state index contributed by atoms with van der Waals surface area (Å²) in [6.07, 6.45) is 0.982. The van der Waals surface area contributed by atoms with Crippen molar-refractivity contribution in [1.29, 1.82) is 0 Å². The fraction of sp³-hybridized carbons (Fsp3) is 0.143. The molecule has 2 heterocycles. The van der Waals surface area contributed by atoms with Gasteiger partial charge in [-0.05, 0) is 19.0 Å². The Kier molecular flexibility index (Phi) is 3.20. The highest BCUT2D eigenvalue weighted by molar-refractivity contribution is 5.94. The van der Waals surface area contributed by atoms with Crippen LogP contribution in [0.2, 0.25) is 0 Å². The van der Waals surface area contributed by atoms with E-state index in [1.807, 2.05) is 0 Å². The summed E-state index contributed by atoms with van der Waals surface area (Å²) in [7, 11) is 0. The molecule has 0 saturated carbocycles. The van der Waals surface area contributed by atoms with Crippen molar-refractivity contribution in [2.75, 3.05) is 0 Å². The Morgan fingerprint density at radius 1 is 1.30 bits per heavy atom. The van der Waals surface area contributed by atoms with Crippen LogP contribution in [0.4, 0.5) is 8.78 Å². The molecule has 0 bridgehead atoms. The zero-order chi connectivity index (χ0) is 16.9. The molecule has 7 nitrogen and oxygen atoms in total. The number of carbonyl (C=O) groups is 1. The molecule has 9 heteroatoms. The van der Waals surface area contributed by atoms with E-state index in [2.05, 4.69) is 14.9 Å². The summed E-state index contributed by atoms with van der Waals surface area (Å²) in [4.78, 5) is 23.6. The number of nitrogens with zero attached hydrogens (tertiary/aromatic N) is 3. The van der Waals surface area contributed by atoms with Gasteiger partial charge in [0.1, 0.15) is 11.3 Å². The molecule has 0 aliphatic heterocycles. The quantitative estimate of drug-likeness (QED) is 0.775. The maximum atomic E-state index is 13.8. The molecule has 0 aliphatic rings. The van der Waals surface area contributed by atoms with Crippen molar-refractivity contribution in [3.63, 3.8) is 0 Å². The molecule has 1 aromatic carbocycles. The molecule has 0 unspecified atom stereocenters. The van der Waals surface area contributed by atoms with Crippen LogP contribution in [0.25, 0.3) is 16.7 Å². The number of aryl methyl sites for hydroxylation is 2. The molecular weight excluding hydrogens is 312 g/mol. The highest BCUT2D eigenvalue weighted by atomic mass is 19.2. The average Bonchev–Trinajstić information content (AvgIpc) is 2.90. The van der Waals surface area contributed by atoms with Gasteiger partial charge in [-0.1, -0.05) is 5.16 Å². The van der Waals surface area contributed by atoms with Gasteiger partial charge in [0.25, 0.3) is 0 Å². The number of fused-ring (bicyclic) bond motifs is 1. The van der Waals surface area contributed by atoms with Gasteiger partial charge in [-0.3, -0.25) is 9.36 Å². The van der Waals surface area contributed by atoms with Crippen LogP contribution in [0.15, 0.2) is 21.7 Å². The zero-order valence-corrected chi connectivity index (χ0v) is 11.9. The van der Waals surface area contributed by atoms with Gasteiger partial charge in [0.05, 0.1) is 10.9 Å². The predicted octanol–water partition coefficient (Wildman–Crippen LogP) is 1.97. The second-order valence-corrected chi connectivity index (χ2v) is 4.91. The van der Waals surface area contributed by atoms with Crippen LogP contribution in [0.1, 0.15) is 21.6 Å². The summed E-state index contributed by atoms with van der Waals surface area (Å²) in [5.74, 6) is -3.80. The van der Waals surface area contributed by atoms with E-state index in [1.54, 1.807) is 0 Å². The Bertz CT molecular complexity index is 1020. The van der Waals surface area contributed by atoms with Crippen molar-refractivity contribution in [1.82, 2.24) is 14.9 Å². The van der Waals surface area contributed by atoms with Crippen LogP contribution in [0.5, 0.6) is 0 Å². The van der Waals surface area contributed by atoms with Crippen molar-refractivity contribution < 1.29 is 23.3 Å². The van der Waals surface area contributed by atoms with Crippen molar-refractivity contribution >= 4 is 16.9 Å². The van der Waals surface area contributed by atoms with Gasteiger partial charge in [0, 0.05) is 17.8 Å². The number of hydrogen-bond donors (Lipinski definition) is 1. The van der Waals surface area contributed by atoms with Gasteiger partial charge < -0.3 is 5.11 Å². The maximum absolute atomic E-state index is 13.8. The average molecular weight is 321 g/mol. The Hall–Kier alpha value is -3.10. The largest absolute Gasteiger partial charge is 0.477 e. The smallest absolute Gasteiger partial charge is 0.341 e. The van der Waals surface area contributed by atoms with Crippen LogP contribution in [0, 0.1) is 25.5 Å². The normalized spacial score (nSPS) is 11.1. The molecule has 118 valence electrons. The third-order valence-electron chi connectivity index (χ3n) is 3.51. The van der Waals surface area contributed by atoms with Crippen LogP contribution in [0.3, 0.4) is 0 Å². The lowest BCUT2D eigenvalue weighted by Crippen LogP contribution is -2.20. The summed E-state index contributed by atoms with van der Waals surface area (Å²) in [6, 6.07) is 0.804. The van der Waals surface area contributed by atoms with E-state index in [0.29, 0.717) is 0 Å². The molecule has 2 aromatic heterocycles. The molecule has 3 aromatic rings. The molecular formula is C14H9F2N3O4. The molecule has 0 fully saturated rings. The number of pyridine rings is 1. The van der Waals surface area contributed by atoms with E-state index < -0.39 is 28.6 Å². The van der Waals surface area contributed by atoms with Crippen LogP contribution in [-0.4, -0.2) is 26.0 Å². The van der Waals surface area contributed by atoms with E-state index in [4.69, 9.17) is 0 Å². The molecule has 0 atom stereocenters. The standard InChI is InChI=1S/C14H9F2N3O4/c1-5-10-9(3-8(15)11(5)16)19(13-6(2)17-23-18-13)4-7(12(10)20)14(21)22/h3-4H,1-2H3,(H,21,22). The molecule has 0 saturated heterocycles. The van der Waals surface area contributed by atoms with Gasteiger partial charge in [0.15, 0.2) is 11.6 Å². The summed E-state index contributed by atoms with van der Waals surface area (Å²) in [5, 5.41) is 16.1. The first-order chi connectivity index (χ1) is 10.8. The summed E-state index contributed by atoms with van der Waals surface area (Å²) < 4.78 is 33.3. The lowest BCUT2D eigenvalue weighted by molar-refractivity contribution is 0.0695. The molecule has 0 aliphatic carbocycles. The van der Waals surface area contributed by atoms with Crippen LogP contribution in [-0.2, 0) is 0 Å². The minimum Gasteiger partial charge on any atom is -0.477 e. The summed E-state index contributed by atoms with van der Waals surface area (Å²) in [6.45, 7) is 2.73. The molecule has 0 amide bonds. The maximum Gasteiger partial charge on any atom is 0.341 e. The number of halogens is 2. The topological polar surface area (TPSA) is 98.2 Å². The highest BCUT2D eigenvalue weighted by Crippen LogP contribution is 2.24. The van der Waals surface area contributed by atoms with Crippen molar-refractivity contribution in [3.8, 4) is 5.82 Å². The minimum atomic E-state index is -1.50. The second kappa shape index (κ2) is 4.97. The highest BCUT2D eigenvalue weighted by Gasteiger charge is 2.22. The third-order valence-corrected chi connectivity index (χ3v) is 3.51. The first kappa shape index (κ1) is 14.8. The van der Waals surface area contributed by atoms with Crippen molar-refractivity contribution in [2.45, 2.75) is 13.8 Å². The van der Waals surface area contributed by atoms with E-state index in [0.717, 1.165) is 16.8 Å².